The number of nitro benzene ring substituents is 1. The lowest BCUT2D eigenvalue weighted by Gasteiger charge is -2.20. The minimum absolute atomic E-state index is 0.00741. The summed E-state index contributed by atoms with van der Waals surface area (Å²) >= 11 is 0. The van der Waals surface area contributed by atoms with Gasteiger partial charge in [-0.05, 0) is 19.4 Å². The molecule has 18 heavy (non-hydrogen) atoms. The van der Waals surface area contributed by atoms with Gasteiger partial charge in [0.25, 0.3) is 5.69 Å². The Hall–Kier alpha value is -1.69. The molecular weight excluding hydrogens is 239 g/mol. The van der Waals surface area contributed by atoms with Crippen molar-refractivity contribution in [2.24, 2.45) is 5.92 Å². The number of nitrogens with zero attached hydrogens (tertiary/aromatic N) is 1. The van der Waals surface area contributed by atoms with Crippen LogP contribution in [0, 0.1) is 21.8 Å². The highest BCUT2D eigenvalue weighted by Gasteiger charge is 2.24. The van der Waals surface area contributed by atoms with Gasteiger partial charge in [-0.2, -0.15) is 0 Å². The van der Waals surface area contributed by atoms with Gasteiger partial charge in [-0.1, -0.05) is 0 Å². The number of ether oxygens (including phenoxy) is 1. The molecule has 1 N–H and O–H groups in total. The lowest BCUT2D eigenvalue weighted by Crippen LogP contribution is -2.26. The summed E-state index contributed by atoms with van der Waals surface area (Å²) in [4.78, 5) is 10.3. The Bertz CT molecular complexity index is 447. The number of hydrogen-bond donors (Lipinski definition) is 1. The van der Waals surface area contributed by atoms with Gasteiger partial charge < -0.3 is 10.1 Å². The highest BCUT2D eigenvalue weighted by atomic mass is 19.1. The number of nitrogens with one attached hydrogen (secondary N) is 1. The molecule has 0 radical (unpaired) electrons. The summed E-state index contributed by atoms with van der Waals surface area (Å²) in [5.74, 6) is -0.189. The van der Waals surface area contributed by atoms with Gasteiger partial charge in [0.1, 0.15) is 11.5 Å². The van der Waals surface area contributed by atoms with Crippen LogP contribution in [0.3, 0.4) is 0 Å². The van der Waals surface area contributed by atoms with Gasteiger partial charge in [0.2, 0.25) is 0 Å². The maximum atomic E-state index is 13.2. The lowest BCUT2D eigenvalue weighted by atomic mass is 10.0. The second kappa shape index (κ2) is 5.30. The first-order valence-corrected chi connectivity index (χ1v) is 5.86. The monoisotopic (exact) mass is 254 g/mol. The largest absolute Gasteiger partial charge is 0.381 e. The first kappa shape index (κ1) is 12.8. The van der Waals surface area contributed by atoms with Crippen LogP contribution in [-0.4, -0.2) is 24.2 Å². The Balaban J connectivity index is 2.16. The number of anilines is 1. The molecule has 0 spiro atoms. The van der Waals surface area contributed by atoms with E-state index in [1.54, 1.807) is 0 Å². The predicted molar refractivity (Wildman–Crippen MR) is 65.1 cm³/mol. The minimum atomic E-state index is -0.514. The molecule has 0 aromatic heterocycles. The van der Waals surface area contributed by atoms with Crippen molar-refractivity contribution in [2.45, 2.75) is 19.4 Å². The summed E-state index contributed by atoms with van der Waals surface area (Å²) in [5.41, 5.74) is 0.113. The summed E-state index contributed by atoms with van der Waals surface area (Å²) in [5, 5.41) is 13.9. The molecule has 0 saturated carbocycles. The Morgan fingerprint density at radius 2 is 2.39 bits per heavy atom. The molecule has 98 valence electrons. The van der Waals surface area contributed by atoms with Gasteiger partial charge in [-0.3, -0.25) is 10.1 Å². The molecule has 1 aliphatic heterocycles. The second-order valence-electron chi connectivity index (χ2n) is 4.48. The fraction of sp³-hybridized carbons (Fsp3) is 0.500. The van der Waals surface area contributed by atoms with Crippen LogP contribution < -0.4 is 5.32 Å². The van der Waals surface area contributed by atoms with E-state index in [2.05, 4.69) is 5.32 Å². The zero-order valence-corrected chi connectivity index (χ0v) is 10.1. The van der Waals surface area contributed by atoms with Crippen molar-refractivity contribution < 1.29 is 14.1 Å². The van der Waals surface area contributed by atoms with Gasteiger partial charge in [0.05, 0.1) is 11.5 Å². The highest BCUT2D eigenvalue weighted by molar-refractivity contribution is 5.61. The third-order valence-electron chi connectivity index (χ3n) is 3.21. The molecule has 1 aliphatic rings. The van der Waals surface area contributed by atoms with Crippen LogP contribution in [0.25, 0.3) is 0 Å². The first-order valence-electron chi connectivity index (χ1n) is 5.86. The molecule has 1 fully saturated rings. The van der Waals surface area contributed by atoms with Crippen LogP contribution >= 0.6 is 0 Å². The molecule has 0 amide bonds. The topological polar surface area (TPSA) is 64.4 Å². The number of benzene rings is 1. The van der Waals surface area contributed by atoms with Crippen molar-refractivity contribution in [3.8, 4) is 0 Å². The quantitative estimate of drug-likeness (QED) is 0.662. The molecule has 1 aromatic rings. The van der Waals surface area contributed by atoms with E-state index in [4.69, 9.17) is 4.74 Å². The van der Waals surface area contributed by atoms with Gasteiger partial charge in [0.15, 0.2) is 0 Å². The van der Waals surface area contributed by atoms with Gasteiger partial charge in [-0.25, -0.2) is 4.39 Å². The third-order valence-corrected chi connectivity index (χ3v) is 3.21. The number of halogens is 1. The molecule has 6 heteroatoms. The zero-order valence-electron chi connectivity index (χ0n) is 10.1. The Labute approximate surface area is 104 Å². The van der Waals surface area contributed by atoms with E-state index in [0.717, 1.165) is 18.6 Å². The third kappa shape index (κ3) is 2.76. The van der Waals surface area contributed by atoms with Gasteiger partial charge in [-0.15, -0.1) is 0 Å². The summed E-state index contributed by atoms with van der Waals surface area (Å²) in [6, 6.07) is 3.43. The first-order chi connectivity index (χ1) is 8.58. The van der Waals surface area contributed by atoms with Crippen LogP contribution in [0.2, 0.25) is 0 Å². The molecule has 2 rings (SSSR count). The van der Waals surface area contributed by atoms with Gasteiger partial charge in [0, 0.05) is 30.7 Å². The van der Waals surface area contributed by atoms with Crippen molar-refractivity contribution in [3.63, 3.8) is 0 Å². The summed E-state index contributed by atoms with van der Waals surface area (Å²) < 4.78 is 18.4. The summed E-state index contributed by atoms with van der Waals surface area (Å²) in [7, 11) is 0. The average Bonchev–Trinajstić information content (AvgIpc) is 2.81. The highest BCUT2D eigenvalue weighted by Crippen LogP contribution is 2.28. The van der Waals surface area contributed by atoms with E-state index < -0.39 is 10.7 Å². The van der Waals surface area contributed by atoms with Crippen LogP contribution in [-0.2, 0) is 4.74 Å². The molecular formula is C12H15FN2O3. The maximum absolute atomic E-state index is 13.2. The maximum Gasteiger partial charge on any atom is 0.292 e. The fourth-order valence-corrected chi connectivity index (χ4v) is 2.09. The molecule has 1 aromatic carbocycles. The SMILES string of the molecule is CC(Nc1cc(F)ccc1[N+](=O)[O-])C1CCOC1. The van der Waals surface area contributed by atoms with E-state index in [9.17, 15) is 14.5 Å². The molecule has 2 atom stereocenters. The van der Waals surface area contributed by atoms with Gasteiger partial charge >= 0.3 is 0 Å². The average molecular weight is 254 g/mol. The van der Waals surface area contributed by atoms with Crippen LogP contribution in [0.5, 0.6) is 0 Å². The Kier molecular flexibility index (Phi) is 3.76. The van der Waals surface area contributed by atoms with E-state index in [0.29, 0.717) is 19.1 Å². The van der Waals surface area contributed by atoms with Crippen molar-refractivity contribution in [1.82, 2.24) is 0 Å². The van der Waals surface area contributed by atoms with E-state index in [1.165, 1.54) is 6.07 Å². The van der Waals surface area contributed by atoms with E-state index in [-0.39, 0.29) is 17.4 Å². The van der Waals surface area contributed by atoms with E-state index >= 15 is 0 Å². The van der Waals surface area contributed by atoms with Crippen molar-refractivity contribution in [1.29, 1.82) is 0 Å². The molecule has 1 heterocycles. The van der Waals surface area contributed by atoms with Crippen molar-refractivity contribution in [2.75, 3.05) is 18.5 Å². The standard InChI is InChI=1S/C12H15FN2O3/c1-8(9-4-5-18-7-9)14-11-6-10(13)2-3-12(11)15(16)17/h2-3,6,8-9,14H,4-5,7H2,1H3. The zero-order chi connectivity index (χ0) is 13.1. The number of rotatable bonds is 4. The smallest absolute Gasteiger partial charge is 0.292 e. The van der Waals surface area contributed by atoms with Crippen molar-refractivity contribution >= 4 is 11.4 Å². The number of nitro groups is 1. The molecule has 2 unspecified atom stereocenters. The fourth-order valence-electron chi connectivity index (χ4n) is 2.09. The summed E-state index contributed by atoms with van der Waals surface area (Å²) in [6.45, 7) is 3.27. The summed E-state index contributed by atoms with van der Waals surface area (Å²) in [6.07, 6.45) is 0.914. The molecule has 0 aliphatic carbocycles. The molecule has 5 nitrogen and oxygen atoms in total. The molecule has 0 bridgehead atoms. The minimum Gasteiger partial charge on any atom is -0.381 e. The number of hydrogen-bond acceptors (Lipinski definition) is 4. The Morgan fingerprint density at radius 3 is 3.00 bits per heavy atom. The predicted octanol–water partition coefficient (Wildman–Crippen LogP) is 2.57. The Morgan fingerprint density at radius 1 is 1.61 bits per heavy atom. The normalized spacial score (nSPS) is 20.7. The van der Waals surface area contributed by atoms with Crippen LogP contribution in [0.15, 0.2) is 18.2 Å². The van der Waals surface area contributed by atoms with E-state index in [1.807, 2.05) is 6.92 Å². The lowest BCUT2D eigenvalue weighted by molar-refractivity contribution is -0.384. The van der Waals surface area contributed by atoms with Crippen molar-refractivity contribution in [3.05, 3.63) is 34.1 Å². The molecule has 1 saturated heterocycles. The second-order valence-corrected chi connectivity index (χ2v) is 4.48. The van der Waals surface area contributed by atoms with Crippen LogP contribution in [0.1, 0.15) is 13.3 Å². The van der Waals surface area contributed by atoms with Crippen LogP contribution in [0.4, 0.5) is 15.8 Å².